The summed E-state index contributed by atoms with van der Waals surface area (Å²) < 4.78 is 0.311. The molecule has 0 fully saturated rings. The van der Waals surface area contributed by atoms with Crippen molar-refractivity contribution >= 4 is 5.91 Å². The van der Waals surface area contributed by atoms with Gasteiger partial charge in [0.2, 0.25) is 0 Å². The maximum atomic E-state index is 11.2. The van der Waals surface area contributed by atoms with Crippen molar-refractivity contribution in [3.63, 3.8) is 0 Å². The van der Waals surface area contributed by atoms with Crippen LogP contribution in [0.4, 0.5) is 0 Å². The van der Waals surface area contributed by atoms with E-state index in [1.807, 2.05) is 20.9 Å². The predicted octanol–water partition coefficient (Wildman–Crippen LogP) is 0.401. The van der Waals surface area contributed by atoms with Gasteiger partial charge in [-0.1, -0.05) is 0 Å². The lowest BCUT2D eigenvalue weighted by atomic mass is 10.4. The summed E-state index contributed by atoms with van der Waals surface area (Å²) in [4.78, 5) is 11.2. The molecule has 3 nitrogen and oxygen atoms in total. The van der Waals surface area contributed by atoms with Gasteiger partial charge < -0.3 is 0 Å². The normalized spacial score (nSPS) is 31.9. The van der Waals surface area contributed by atoms with Gasteiger partial charge in [0.1, 0.15) is 6.54 Å². The molecule has 0 bridgehead atoms. The first-order chi connectivity index (χ1) is 4.58. The molecule has 0 spiro atoms. The Morgan fingerprint density at radius 3 is 2.50 bits per heavy atom. The minimum Gasteiger partial charge on any atom is -0.233 e. The molecule has 0 saturated heterocycles. The quantitative estimate of drug-likeness (QED) is 0.536. The maximum absolute atomic E-state index is 11.2. The van der Waals surface area contributed by atoms with E-state index in [1.54, 1.807) is 6.08 Å². The van der Waals surface area contributed by atoms with Crippen LogP contribution in [-0.4, -0.2) is 24.1 Å². The summed E-state index contributed by atoms with van der Waals surface area (Å²) in [6, 6.07) is 0. The van der Waals surface area contributed by atoms with Gasteiger partial charge in [-0.15, -0.1) is 0 Å². The van der Waals surface area contributed by atoms with Crippen molar-refractivity contribution in [1.29, 1.82) is 0 Å². The monoisotopic (exact) mass is 141 g/mol. The van der Waals surface area contributed by atoms with Crippen LogP contribution in [0.2, 0.25) is 0 Å². The first-order valence-electron chi connectivity index (χ1n) is 3.45. The van der Waals surface area contributed by atoms with Crippen LogP contribution in [0.5, 0.6) is 0 Å². The van der Waals surface area contributed by atoms with Crippen LogP contribution >= 0.6 is 0 Å². The molecule has 3 heteroatoms. The number of rotatable bonds is 1. The molecule has 0 saturated carbocycles. The fraction of sp³-hybridized carbons (Fsp3) is 0.571. The highest BCUT2D eigenvalue weighted by Crippen LogP contribution is 2.10. The van der Waals surface area contributed by atoms with Gasteiger partial charge in [0.05, 0.1) is 18.8 Å². The lowest BCUT2D eigenvalue weighted by Crippen LogP contribution is -2.53. The summed E-state index contributed by atoms with van der Waals surface area (Å²) in [5.41, 5.74) is 4.03. The summed E-state index contributed by atoms with van der Waals surface area (Å²) in [5.74, 6) is 0.139. The van der Waals surface area contributed by atoms with Crippen LogP contribution in [0.1, 0.15) is 13.8 Å². The number of hydrogen-bond donors (Lipinski definition) is 1. The van der Waals surface area contributed by atoms with E-state index in [0.717, 1.165) is 12.2 Å². The molecular formula is C7H13N2O+. The molecule has 1 aliphatic heterocycles. The molecule has 0 radical (unpaired) electrons. The zero-order valence-corrected chi connectivity index (χ0v) is 6.64. The van der Waals surface area contributed by atoms with E-state index in [2.05, 4.69) is 5.43 Å². The highest BCUT2D eigenvalue weighted by molar-refractivity contribution is 5.83. The second-order valence-corrected chi connectivity index (χ2v) is 2.79. The van der Waals surface area contributed by atoms with Gasteiger partial charge in [-0.3, -0.25) is 0 Å². The van der Waals surface area contributed by atoms with Crippen LogP contribution < -0.4 is 5.43 Å². The van der Waals surface area contributed by atoms with Crippen molar-refractivity contribution in [2.75, 3.05) is 13.6 Å². The molecule has 1 aliphatic rings. The molecule has 1 rings (SSSR count). The SMILES string of the molecule is CC[N+]1(C)NC(C)=CC1=O. The Morgan fingerprint density at radius 1 is 1.70 bits per heavy atom. The van der Waals surface area contributed by atoms with Crippen LogP contribution in [-0.2, 0) is 4.79 Å². The lowest BCUT2D eigenvalue weighted by Gasteiger charge is -2.24. The van der Waals surface area contributed by atoms with Crippen molar-refractivity contribution in [2.45, 2.75) is 13.8 Å². The van der Waals surface area contributed by atoms with Crippen LogP contribution in [0.15, 0.2) is 11.8 Å². The molecule has 1 N–H and O–H groups in total. The number of quaternary nitrogens is 1. The number of carbonyl (C=O) groups excluding carboxylic acids is 1. The summed E-state index contributed by atoms with van der Waals surface area (Å²) in [5, 5.41) is 0. The second kappa shape index (κ2) is 2.09. The maximum Gasteiger partial charge on any atom is 0.364 e. The lowest BCUT2D eigenvalue weighted by molar-refractivity contribution is -0.866. The first-order valence-corrected chi connectivity index (χ1v) is 3.45. The van der Waals surface area contributed by atoms with Crippen molar-refractivity contribution in [2.24, 2.45) is 0 Å². The van der Waals surface area contributed by atoms with E-state index >= 15 is 0 Å². The van der Waals surface area contributed by atoms with Crippen molar-refractivity contribution in [1.82, 2.24) is 5.43 Å². The Hall–Kier alpha value is -0.830. The highest BCUT2D eigenvalue weighted by atomic mass is 16.2. The van der Waals surface area contributed by atoms with Gasteiger partial charge in [0.15, 0.2) is 0 Å². The second-order valence-electron chi connectivity index (χ2n) is 2.79. The van der Waals surface area contributed by atoms with E-state index < -0.39 is 0 Å². The smallest absolute Gasteiger partial charge is 0.233 e. The Bertz CT molecular complexity index is 198. The van der Waals surface area contributed by atoms with Crippen LogP contribution in [0, 0.1) is 0 Å². The minimum absolute atomic E-state index is 0.139. The first kappa shape index (κ1) is 7.28. The third-order valence-corrected chi connectivity index (χ3v) is 1.88. The average molecular weight is 141 g/mol. The summed E-state index contributed by atoms with van der Waals surface area (Å²) in [6.07, 6.45) is 1.64. The Kier molecular flexibility index (Phi) is 1.52. The average Bonchev–Trinajstić information content (AvgIpc) is 2.09. The van der Waals surface area contributed by atoms with Crippen molar-refractivity contribution < 1.29 is 9.39 Å². The third kappa shape index (κ3) is 0.926. The van der Waals surface area contributed by atoms with E-state index in [4.69, 9.17) is 0 Å². The number of carbonyl (C=O) groups is 1. The van der Waals surface area contributed by atoms with Gasteiger partial charge in [0.25, 0.3) is 0 Å². The standard InChI is InChI=1S/C7H12N2O/c1-4-9(3)7(10)5-6(2)8-9/h5H,4H2,1-3H3/p+1. The van der Waals surface area contributed by atoms with Gasteiger partial charge in [-0.25, -0.2) is 10.2 Å². The highest BCUT2D eigenvalue weighted by Gasteiger charge is 2.33. The van der Waals surface area contributed by atoms with Crippen molar-refractivity contribution in [3.05, 3.63) is 11.8 Å². The molecule has 10 heavy (non-hydrogen) atoms. The summed E-state index contributed by atoms with van der Waals surface area (Å²) in [7, 11) is 1.87. The third-order valence-electron chi connectivity index (χ3n) is 1.88. The van der Waals surface area contributed by atoms with E-state index in [9.17, 15) is 4.79 Å². The largest absolute Gasteiger partial charge is 0.364 e. The molecule has 1 amide bonds. The number of likely N-dealkylation sites (N-methyl/N-ethyl adjacent to an activating group) is 1. The Balaban J connectivity index is 2.81. The summed E-state index contributed by atoms with van der Waals surface area (Å²) in [6.45, 7) is 4.67. The number of amides is 1. The zero-order valence-electron chi connectivity index (χ0n) is 6.64. The molecule has 0 aromatic carbocycles. The molecule has 1 unspecified atom stereocenters. The van der Waals surface area contributed by atoms with Crippen LogP contribution in [0.3, 0.4) is 0 Å². The predicted molar refractivity (Wildman–Crippen MR) is 38.6 cm³/mol. The summed E-state index contributed by atoms with van der Waals surface area (Å²) >= 11 is 0. The number of nitrogens with zero attached hydrogens (tertiary/aromatic N) is 1. The number of hydrogen-bond acceptors (Lipinski definition) is 2. The Morgan fingerprint density at radius 2 is 2.30 bits per heavy atom. The number of allylic oxidation sites excluding steroid dienone is 1. The van der Waals surface area contributed by atoms with E-state index in [1.165, 1.54) is 0 Å². The Labute approximate surface area is 60.9 Å². The molecule has 56 valence electrons. The molecule has 1 heterocycles. The fourth-order valence-electron chi connectivity index (χ4n) is 1.04. The molecular weight excluding hydrogens is 128 g/mol. The molecule has 0 aliphatic carbocycles. The van der Waals surface area contributed by atoms with Crippen molar-refractivity contribution in [3.8, 4) is 0 Å². The van der Waals surface area contributed by atoms with E-state index in [-0.39, 0.29) is 5.91 Å². The fourth-order valence-corrected chi connectivity index (χ4v) is 1.04. The van der Waals surface area contributed by atoms with Gasteiger partial charge in [-0.2, -0.15) is 4.59 Å². The topological polar surface area (TPSA) is 29.1 Å². The molecule has 1 atom stereocenters. The molecule has 0 aromatic rings. The van der Waals surface area contributed by atoms with Gasteiger partial charge >= 0.3 is 5.91 Å². The minimum atomic E-state index is 0.139. The van der Waals surface area contributed by atoms with E-state index in [0.29, 0.717) is 4.59 Å². The number of nitrogens with one attached hydrogen (secondary N) is 1. The van der Waals surface area contributed by atoms with Gasteiger partial charge in [-0.05, 0) is 13.8 Å². The van der Waals surface area contributed by atoms with Gasteiger partial charge in [0, 0.05) is 0 Å². The van der Waals surface area contributed by atoms with Crippen LogP contribution in [0.25, 0.3) is 0 Å². The molecule has 0 aromatic heterocycles. The zero-order chi connectivity index (χ0) is 7.78.